The first-order valence-corrected chi connectivity index (χ1v) is 6.24. The van der Waals surface area contributed by atoms with Crippen LogP contribution in [0.2, 0.25) is 0 Å². The van der Waals surface area contributed by atoms with Crippen molar-refractivity contribution in [2.75, 3.05) is 5.32 Å². The third-order valence-electron chi connectivity index (χ3n) is 1.93. The normalized spacial score (nSPS) is 10.3. The van der Waals surface area contributed by atoms with Crippen molar-refractivity contribution < 1.29 is 9.18 Å². The number of benzene rings is 1. The van der Waals surface area contributed by atoms with Crippen molar-refractivity contribution in [3.8, 4) is 0 Å². The van der Waals surface area contributed by atoms with E-state index >= 15 is 0 Å². The molecule has 0 saturated heterocycles. The molecule has 1 aromatic heterocycles. The lowest BCUT2D eigenvalue weighted by atomic mass is 10.2. The summed E-state index contributed by atoms with van der Waals surface area (Å²) in [5, 5.41) is 11.2. The molecule has 0 saturated carbocycles. The summed E-state index contributed by atoms with van der Waals surface area (Å²) in [7, 11) is 0. The van der Waals surface area contributed by atoms with Crippen LogP contribution in [0.1, 0.15) is 15.4 Å². The van der Waals surface area contributed by atoms with Gasteiger partial charge in [-0.2, -0.15) is 0 Å². The molecule has 2 aromatic rings. The van der Waals surface area contributed by atoms with E-state index in [1.165, 1.54) is 23.5 Å². The lowest BCUT2D eigenvalue weighted by Crippen LogP contribution is -2.11. The number of amides is 1. The van der Waals surface area contributed by atoms with Crippen molar-refractivity contribution in [1.29, 1.82) is 0 Å². The summed E-state index contributed by atoms with van der Waals surface area (Å²) in [6.45, 7) is 1.78. The number of anilines is 1. The molecule has 0 atom stereocenters. The standard InChI is InChI=1S/C10H7BrFN3OS/c1-5-14-15-10(17-5)13-9(16)6-2-3-7(11)8(12)4-6/h2-4H,1H3,(H,13,15,16). The molecule has 0 aliphatic rings. The summed E-state index contributed by atoms with van der Waals surface area (Å²) in [6.07, 6.45) is 0. The van der Waals surface area contributed by atoms with Gasteiger partial charge in [-0.15, -0.1) is 10.2 Å². The van der Waals surface area contributed by atoms with Crippen LogP contribution in [-0.2, 0) is 0 Å². The van der Waals surface area contributed by atoms with Crippen LogP contribution in [0.5, 0.6) is 0 Å². The Bertz CT molecular complexity index is 572. The molecule has 0 spiro atoms. The molecule has 1 amide bonds. The van der Waals surface area contributed by atoms with Gasteiger partial charge in [0.05, 0.1) is 4.47 Å². The first-order chi connectivity index (χ1) is 8.06. The van der Waals surface area contributed by atoms with Gasteiger partial charge in [0.2, 0.25) is 5.13 Å². The zero-order valence-electron chi connectivity index (χ0n) is 8.70. The van der Waals surface area contributed by atoms with Crippen LogP contribution in [0.3, 0.4) is 0 Å². The number of aryl methyl sites for hydroxylation is 1. The van der Waals surface area contributed by atoms with Crippen LogP contribution in [0.25, 0.3) is 0 Å². The van der Waals surface area contributed by atoms with E-state index in [2.05, 4.69) is 31.4 Å². The van der Waals surface area contributed by atoms with Gasteiger partial charge in [0.15, 0.2) is 0 Å². The van der Waals surface area contributed by atoms with Crippen molar-refractivity contribution >= 4 is 38.3 Å². The van der Waals surface area contributed by atoms with Gasteiger partial charge in [-0.1, -0.05) is 11.3 Å². The summed E-state index contributed by atoms with van der Waals surface area (Å²) in [5.41, 5.74) is 0.235. The summed E-state index contributed by atoms with van der Waals surface area (Å²) >= 11 is 4.28. The molecular weight excluding hydrogens is 309 g/mol. The molecule has 0 radical (unpaired) electrons. The number of halogens is 2. The smallest absolute Gasteiger partial charge is 0.257 e. The largest absolute Gasteiger partial charge is 0.296 e. The zero-order valence-corrected chi connectivity index (χ0v) is 11.1. The molecule has 1 N–H and O–H groups in total. The number of carbonyl (C=O) groups is 1. The molecule has 0 fully saturated rings. The summed E-state index contributed by atoms with van der Waals surface area (Å²) in [6, 6.07) is 4.17. The van der Waals surface area contributed by atoms with Crippen molar-refractivity contribution in [2.45, 2.75) is 6.92 Å². The minimum Gasteiger partial charge on any atom is -0.296 e. The second kappa shape index (κ2) is 4.89. The Morgan fingerprint density at radius 1 is 1.47 bits per heavy atom. The van der Waals surface area contributed by atoms with Gasteiger partial charge >= 0.3 is 0 Å². The number of rotatable bonds is 2. The average molecular weight is 316 g/mol. The highest BCUT2D eigenvalue weighted by Crippen LogP contribution is 2.18. The van der Waals surface area contributed by atoms with Crippen molar-refractivity contribution in [3.63, 3.8) is 0 Å². The zero-order chi connectivity index (χ0) is 12.4. The number of hydrogen-bond acceptors (Lipinski definition) is 4. The Morgan fingerprint density at radius 2 is 2.24 bits per heavy atom. The van der Waals surface area contributed by atoms with E-state index in [4.69, 9.17) is 0 Å². The first-order valence-electron chi connectivity index (χ1n) is 4.63. The minimum absolute atomic E-state index is 0.235. The van der Waals surface area contributed by atoms with E-state index in [1.807, 2.05) is 0 Å². The van der Waals surface area contributed by atoms with Gasteiger partial charge in [-0.05, 0) is 41.1 Å². The average Bonchev–Trinajstić information content (AvgIpc) is 2.68. The predicted molar refractivity (Wildman–Crippen MR) is 66.7 cm³/mol. The maximum atomic E-state index is 13.2. The van der Waals surface area contributed by atoms with Crippen LogP contribution in [0.4, 0.5) is 9.52 Å². The molecule has 2 rings (SSSR count). The molecule has 0 aliphatic carbocycles. The van der Waals surface area contributed by atoms with E-state index in [0.29, 0.717) is 9.60 Å². The van der Waals surface area contributed by atoms with Crippen LogP contribution in [0.15, 0.2) is 22.7 Å². The van der Waals surface area contributed by atoms with Crippen LogP contribution in [0, 0.1) is 12.7 Å². The molecule has 0 aliphatic heterocycles. The molecule has 1 heterocycles. The minimum atomic E-state index is -0.480. The lowest BCUT2D eigenvalue weighted by molar-refractivity contribution is 0.102. The molecule has 1 aromatic carbocycles. The third-order valence-corrected chi connectivity index (χ3v) is 3.33. The topological polar surface area (TPSA) is 54.9 Å². The Kier molecular flexibility index (Phi) is 3.49. The van der Waals surface area contributed by atoms with Gasteiger partial charge in [-0.25, -0.2) is 4.39 Å². The Hall–Kier alpha value is -1.34. The molecule has 88 valence electrons. The summed E-state index contributed by atoms with van der Waals surface area (Å²) in [4.78, 5) is 11.7. The number of nitrogens with zero attached hydrogens (tertiary/aromatic N) is 2. The van der Waals surface area contributed by atoms with E-state index in [9.17, 15) is 9.18 Å². The molecule has 0 bridgehead atoms. The van der Waals surface area contributed by atoms with Gasteiger partial charge < -0.3 is 0 Å². The summed E-state index contributed by atoms with van der Waals surface area (Å²) in [5.74, 6) is -0.890. The fraction of sp³-hybridized carbons (Fsp3) is 0.100. The van der Waals surface area contributed by atoms with Crippen LogP contribution in [-0.4, -0.2) is 16.1 Å². The van der Waals surface area contributed by atoms with Crippen molar-refractivity contribution in [3.05, 3.63) is 39.1 Å². The van der Waals surface area contributed by atoms with Gasteiger partial charge in [0, 0.05) is 5.56 Å². The maximum absolute atomic E-state index is 13.2. The number of hydrogen-bond donors (Lipinski definition) is 1. The van der Waals surface area contributed by atoms with Crippen molar-refractivity contribution in [1.82, 2.24) is 10.2 Å². The number of nitrogens with one attached hydrogen (secondary N) is 1. The monoisotopic (exact) mass is 315 g/mol. The maximum Gasteiger partial charge on any atom is 0.257 e. The molecule has 17 heavy (non-hydrogen) atoms. The fourth-order valence-corrected chi connectivity index (χ4v) is 1.99. The fourth-order valence-electron chi connectivity index (χ4n) is 1.15. The molecule has 4 nitrogen and oxygen atoms in total. The lowest BCUT2D eigenvalue weighted by Gasteiger charge is -2.01. The predicted octanol–water partition coefficient (Wildman–Crippen LogP) is 3.00. The molecule has 7 heteroatoms. The highest BCUT2D eigenvalue weighted by molar-refractivity contribution is 9.10. The second-order valence-corrected chi connectivity index (χ2v) is 5.25. The van der Waals surface area contributed by atoms with Crippen molar-refractivity contribution in [2.24, 2.45) is 0 Å². The van der Waals surface area contributed by atoms with E-state index in [-0.39, 0.29) is 5.56 Å². The number of aromatic nitrogens is 2. The van der Waals surface area contributed by atoms with E-state index in [0.717, 1.165) is 11.1 Å². The quantitative estimate of drug-likeness (QED) is 0.926. The van der Waals surface area contributed by atoms with E-state index in [1.54, 1.807) is 6.92 Å². The van der Waals surface area contributed by atoms with E-state index < -0.39 is 11.7 Å². The third kappa shape index (κ3) is 2.86. The Morgan fingerprint density at radius 3 is 2.82 bits per heavy atom. The Balaban J connectivity index is 2.17. The Labute approximate surface area is 109 Å². The summed E-state index contributed by atoms with van der Waals surface area (Å²) < 4.78 is 13.6. The SMILES string of the molecule is Cc1nnc(NC(=O)c2ccc(Br)c(F)c2)s1. The highest BCUT2D eigenvalue weighted by atomic mass is 79.9. The number of carbonyl (C=O) groups excluding carboxylic acids is 1. The molecule has 0 unspecified atom stereocenters. The second-order valence-electron chi connectivity index (χ2n) is 3.21. The first kappa shape index (κ1) is 12.1. The van der Waals surface area contributed by atoms with Gasteiger partial charge in [-0.3, -0.25) is 10.1 Å². The highest BCUT2D eigenvalue weighted by Gasteiger charge is 2.11. The molecular formula is C10H7BrFN3OS. The van der Waals surface area contributed by atoms with Crippen LogP contribution >= 0.6 is 27.3 Å². The van der Waals surface area contributed by atoms with Crippen LogP contribution < -0.4 is 5.32 Å². The van der Waals surface area contributed by atoms with Gasteiger partial charge in [0.1, 0.15) is 10.8 Å². The van der Waals surface area contributed by atoms with Gasteiger partial charge in [0.25, 0.3) is 5.91 Å².